The number of sulfonamides is 1. The van der Waals surface area contributed by atoms with Gasteiger partial charge in [-0.25, -0.2) is 13.1 Å². The Bertz CT molecular complexity index is 249. The summed E-state index contributed by atoms with van der Waals surface area (Å²) in [6.45, 7) is 8.43. The minimum Gasteiger partial charge on any atom is -0.317 e. The summed E-state index contributed by atoms with van der Waals surface area (Å²) in [5.74, 6) is 0.684. The summed E-state index contributed by atoms with van der Waals surface area (Å²) in [5.41, 5.74) is 0. The van der Waals surface area contributed by atoms with Crippen molar-refractivity contribution in [3.8, 4) is 0 Å². The molecule has 0 fully saturated rings. The minimum atomic E-state index is -3.07. The molecular weight excluding hydrogens is 224 g/mol. The standard InChI is InChI=1S/C11H26N2O2S/c1-4-11(5-2)10-13-16(14,15)9-7-8-12-6-3/h11-13H,4-10H2,1-3H3. The lowest BCUT2D eigenvalue weighted by atomic mass is 10.0. The predicted molar refractivity (Wildman–Crippen MR) is 69.0 cm³/mol. The summed E-state index contributed by atoms with van der Waals surface area (Å²) in [6, 6.07) is 0. The first-order valence-electron chi connectivity index (χ1n) is 6.23. The van der Waals surface area contributed by atoms with Gasteiger partial charge in [-0.05, 0) is 25.4 Å². The fourth-order valence-electron chi connectivity index (χ4n) is 1.46. The lowest BCUT2D eigenvalue weighted by molar-refractivity contribution is 0.478. The minimum absolute atomic E-state index is 0.222. The van der Waals surface area contributed by atoms with Gasteiger partial charge in [0.1, 0.15) is 0 Å². The number of hydrogen-bond acceptors (Lipinski definition) is 3. The molecule has 0 bridgehead atoms. The van der Waals surface area contributed by atoms with E-state index in [1.165, 1.54) is 0 Å². The first-order chi connectivity index (χ1) is 7.55. The first-order valence-corrected chi connectivity index (χ1v) is 7.89. The van der Waals surface area contributed by atoms with Crippen molar-refractivity contribution in [3.63, 3.8) is 0 Å². The van der Waals surface area contributed by atoms with E-state index >= 15 is 0 Å². The van der Waals surface area contributed by atoms with E-state index in [2.05, 4.69) is 23.9 Å². The summed E-state index contributed by atoms with van der Waals surface area (Å²) in [7, 11) is -3.07. The van der Waals surface area contributed by atoms with E-state index in [0.717, 1.165) is 25.9 Å². The Morgan fingerprint density at radius 2 is 1.75 bits per heavy atom. The van der Waals surface area contributed by atoms with Gasteiger partial charge in [0, 0.05) is 6.54 Å². The molecule has 0 spiro atoms. The van der Waals surface area contributed by atoms with E-state index in [9.17, 15) is 8.42 Å². The van der Waals surface area contributed by atoms with Gasteiger partial charge in [0.2, 0.25) is 10.0 Å². The molecule has 2 N–H and O–H groups in total. The van der Waals surface area contributed by atoms with E-state index in [1.807, 2.05) is 6.92 Å². The Morgan fingerprint density at radius 1 is 1.12 bits per heavy atom. The van der Waals surface area contributed by atoms with Gasteiger partial charge in [-0.3, -0.25) is 0 Å². The molecule has 0 aliphatic heterocycles. The summed E-state index contributed by atoms with van der Waals surface area (Å²) in [6.07, 6.45) is 2.72. The molecule has 0 aliphatic rings. The molecule has 98 valence electrons. The van der Waals surface area contributed by atoms with Gasteiger partial charge in [-0.2, -0.15) is 0 Å². The van der Waals surface area contributed by atoms with Gasteiger partial charge in [0.15, 0.2) is 0 Å². The Labute approximate surface area is 100 Å². The molecule has 0 heterocycles. The predicted octanol–water partition coefficient (Wildman–Crippen LogP) is 1.34. The highest BCUT2D eigenvalue weighted by atomic mass is 32.2. The molecule has 0 unspecified atom stereocenters. The zero-order valence-electron chi connectivity index (χ0n) is 10.8. The second-order valence-electron chi connectivity index (χ2n) is 4.06. The van der Waals surface area contributed by atoms with Crippen molar-refractivity contribution in [2.24, 2.45) is 5.92 Å². The largest absolute Gasteiger partial charge is 0.317 e. The van der Waals surface area contributed by atoms with Crippen LogP contribution in [0.2, 0.25) is 0 Å². The third-order valence-electron chi connectivity index (χ3n) is 2.76. The monoisotopic (exact) mass is 250 g/mol. The summed E-state index contributed by atoms with van der Waals surface area (Å²) >= 11 is 0. The van der Waals surface area contributed by atoms with Crippen LogP contribution in [0.5, 0.6) is 0 Å². The van der Waals surface area contributed by atoms with E-state index in [4.69, 9.17) is 0 Å². The topological polar surface area (TPSA) is 58.2 Å². The Balaban J connectivity index is 3.78. The van der Waals surface area contributed by atoms with Crippen molar-refractivity contribution in [3.05, 3.63) is 0 Å². The Kier molecular flexibility index (Phi) is 8.89. The molecule has 0 aromatic rings. The van der Waals surface area contributed by atoms with Crippen LogP contribution in [0.4, 0.5) is 0 Å². The van der Waals surface area contributed by atoms with Crippen LogP contribution in [0.25, 0.3) is 0 Å². The van der Waals surface area contributed by atoms with Crippen molar-refractivity contribution in [1.82, 2.24) is 10.0 Å². The molecular formula is C11H26N2O2S. The van der Waals surface area contributed by atoms with Crippen LogP contribution in [0.15, 0.2) is 0 Å². The van der Waals surface area contributed by atoms with Gasteiger partial charge in [0.05, 0.1) is 5.75 Å². The molecule has 0 saturated carbocycles. The lowest BCUT2D eigenvalue weighted by Crippen LogP contribution is -2.32. The van der Waals surface area contributed by atoms with Crippen LogP contribution in [0, 0.1) is 5.92 Å². The van der Waals surface area contributed by atoms with Crippen LogP contribution in [0.3, 0.4) is 0 Å². The van der Waals surface area contributed by atoms with Crippen LogP contribution < -0.4 is 10.0 Å². The van der Waals surface area contributed by atoms with E-state index in [1.54, 1.807) is 0 Å². The number of rotatable bonds is 10. The van der Waals surface area contributed by atoms with Crippen LogP contribution in [-0.4, -0.2) is 33.8 Å². The van der Waals surface area contributed by atoms with E-state index in [0.29, 0.717) is 18.9 Å². The highest BCUT2D eigenvalue weighted by Crippen LogP contribution is 2.05. The fraction of sp³-hybridized carbons (Fsp3) is 1.00. The van der Waals surface area contributed by atoms with Crippen LogP contribution in [0.1, 0.15) is 40.0 Å². The first kappa shape index (κ1) is 15.9. The van der Waals surface area contributed by atoms with Gasteiger partial charge >= 0.3 is 0 Å². The molecule has 0 amide bonds. The summed E-state index contributed by atoms with van der Waals surface area (Å²) in [4.78, 5) is 0. The normalized spacial score (nSPS) is 12.2. The third-order valence-corrected chi connectivity index (χ3v) is 4.20. The summed E-state index contributed by atoms with van der Waals surface area (Å²) < 4.78 is 25.9. The van der Waals surface area contributed by atoms with Crippen molar-refractivity contribution in [2.75, 3.05) is 25.4 Å². The highest BCUT2D eigenvalue weighted by Gasteiger charge is 2.11. The average Bonchev–Trinajstić information content (AvgIpc) is 2.26. The molecule has 0 radical (unpaired) electrons. The molecule has 4 nitrogen and oxygen atoms in total. The highest BCUT2D eigenvalue weighted by molar-refractivity contribution is 7.89. The van der Waals surface area contributed by atoms with E-state index in [-0.39, 0.29) is 5.75 Å². The third kappa shape index (κ3) is 8.07. The molecule has 0 aromatic heterocycles. The average molecular weight is 250 g/mol. The maximum atomic E-state index is 11.6. The number of hydrogen-bond donors (Lipinski definition) is 2. The lowest BCUT2D eigenvalue weighted by Gasteiger charge is -2.13. The van der Waals surface area contributed by atoms with Gasteiger partial charge < -0.3 is 5.32 Å². The Morgan fingerprint density at radius 3 is 2.25 bits per heavy atom. The zero-order chi connectivity index (χ0) is 12.4. The molecule has 5 heteroatoms. The quantitative estimate of drug-likeness (QED) is 0.575. The van der Waals surface area contributed by atoms with Crippen LogP contribution in [-0.2, 0) is 10.0 Å². The van der Waals surface area contributed by atoms with Crippen molar-refractivity contribution in [2.45, 2.75) is 40.0 Å². The fourth-order valence-corrected chi connectivity index (χ4v) is 2.62. The van der Waals surface area contributed by atoms with E-state index < -0.39 is 10.0 Å². The smallest absolute Gasteiger partial charge is 0.211 e. The molecule has 0 saturated heterocycles. The van der Waals surface area contributed by atoms with Gasteiger partial charge in [-0.1, -0.05) is 33.6 Å². The SMILES string of the molecule is CCNCCCS(=O)(=O)NCC(CC)CC. The zero-order valence-corrected chi connectivity index (χ0v) is 11.6. The van der Waals surface area contributed by atoms with Crippen molar-refractivity contribution in [1.29, 1.82) is 0 Å². The number of nitrogens with one attached hydrogen (secondary N) is 2. The molecule has 0 rings (SSSR count). The second-order valence-corrected chi connectivity index (χ2v) is 5.98. The van der Waals surface area contributed by atoms with Gasteiger partial charge in [0.25, 0.3) is 0 Å². The summed E-state index contributed by atoms with van der Waals surface area (Å²) in [5, 5.41) is 3.12. The second kappa shape index (κ2) is 8.96. The molecule has 16 heavy (non-hydrogen) atoms. The molecule has 0 aromatic carbocycles. The Hall–Kier alpha value is -0.130. The van der Waals surface area contributed by atoms with Crippen LogP contribution >= 0.6 is 0 Å². The maximum absolute atomic E-state index is 11.6. The van der Waals surface area contributed by atoms with Crippen molar-refractivity contribution < 1.29 is 8.42 Å². The van der Waals surface area contributed by atoms with Gasteiger partial charge in [-0.15, -0.1) is 0 Å². The molecule has 0 atom stereocenters. The molecule has 0 aliphatic carbocycles. The maximum Gasteiger partial charge on any atom is 0.211 e. The van der Waals surface area contributed by atoms with Crippen molar-refractivity contribution >= 4 is 10.0 Å².